The second-order valence-electron chi connectivity index (χ2n) is 7.93. The second kappa shape index (κ2) is 12.2. The van der Waals surface area contributed by atoms with Crippen LogP contribution in [0, 0.1) is 23.0 Å². The van der Waals surface area contributed by atoms with Crippen LogP contribution in [0.3, 0.4) is 0 Å². The van der Waals surface area contributed by atoms with E-state index in [2.05, 4.69) is 28.3 Å². The minimum atomic E-state index is -1.04. The molecule has 0 unspecified atom stereocenters. The van der Waals surface area contributed by atoms with Crippen LogP contribution in [0.2, 0.25) is 0 Å². The third-order valence-corrected chi connectivity index (χ3v) is 5.54. The van der Waals surface area contributed by atoms with Gasteiger partial charge in [0, 0.05) is 30.5 Å². The van der Waals surface area contributed by atoms with Gasteiger partial charge in [0.1, 0.15) is 5.69 Å². The number of pyridine rings is 1. The van der Waals surface area contributed by atoms with Gasteiger partial charge in [-0.2, -0.15) is 5.26 Å². The van der Waals surface area contributed by atoms with Gasteiger partial charge in [-0.3, -0.25) is 14.6 Å². The molecule has 188 valence electrons. The Balaban J connectivity index is 1.84. The van der Waals surface area contributed by atoms with Gasteiger partial charge in [0.15, 0.2) is 11.6 Å². The van der Waals surface area contributed by atoms with E-state index in [0.717, 1.165) is 23.3 Å². The van der Waals surface area contributed by atoms with Crippen LogP contribution in [0.5, 0.6) is 0 Å². The van der Waals surface area contributed by atoms with E-state index in [1.165, 1.54) is 12.3 Å². The summed E-state index contributed by atoms with van der Waals surface area (Å²) in [6.45, 7) is 5.68. The third kappa shape index (κ3) is 6.64. The molecular formula is C28H24F2N4O3. The molecule has 0 aliphatic carbocycles. The zero-order valence-corrected chi connectivity index (χ0v) is 20.0. The molecular weight excluding hydrogens is 478 g/mol. The zero-order chi connectivity index (χ0) is 26.9. The molecule has 9 heteroatoms. The van der Waals surface area contributed by atoms with Gasteiger partial charge >= 0.3 is 5.97 Å². The van der Waals surface area contributed by atoms with Crippen LogP contribution in [0.1, 0.15) is 40.5 Å². The number of carbonyl (C=O) groups excluding carboxylic acids is 1. The summed E-state index contributed by atoms with van der Waals surface area (Å²) in [6.07, 6.45) is 4.65. The fourth-order valence-electron chi connectivity index (χ4n) is 3.64. The van der Waals surface area contributed by atoms with E-state index in [1.54, 1.807) is 30.3 Å². The van der Waals surface area contributed by atoms with Crippen molar-refractivity contribution in [1.29, 1.82) is 5.26 Å². The average molecular weight is 503 g/mol. The molecule has 0 radical (unpaired) electrons. The van der Waals surface area contributed by atoms with E-state index in [0.29, 0.717) is 27.9 Å². The molecule has 1 aromatic heterocycles. The summed E-state index contributed by atoms with van der Waals surface area (Å²) in [7, 11) is 0. The van der Waals surface area contributed by atoms with Crippen molar-refractivity contribution in [1.82, 2.24) is 10.3 Å². The zero-order valence-electron chi connectivity index (χ0n) is 20.0. The van der Waals surface area contributed by atoms with Gasteiger partial charge in [0.05, 0.1) is 18.1 Å². The van der Waals surface area contributed by atoms with Gasteiger partial charge in [-0.15, -0.1) is 0 Å². The fraction of sp³-hybridized carbons (Fsp3) is 0.143. The number of carboxylic acid groups (broad SMARTS) is 1. The Kier molecular flexibility index (Phi) is 8.84. The van der Waals surface area contributed by atoms with Crippen LogP contribution in [-0.4, -0.2) is 28.5 Å². The van der Waals surface area contributed by atoms with Gasteiger partial charge in [-0.1, -0.05) is 30.9 Å². The summed E-state index contributed by atoms with van der Waals surface area (Å²) >= 11 is 0. The second-order valence-corrected chi connectivity index (χ2v) is 7.93. The van der Waals surface area contributed by atoms with Crippen molar-refractivity contribution in [3.05, 3.63) is 101 Å². The lowest BCUT2D eigenvalue weighted by Gasteiger charge is -2.14. The van der Waals surface area contributed by atoms with E-state index < -0.39 is 23.5 Å². The van der Waals surface area contributed by atoms with Gasteiger partial charge in [0.2, 0.25) is 0 Å². The highest BCUT2D eigenvalue weighted by atomic mass is 19.2. The Morgan fingerprint density at radius 1 is 1.16 bits per heavy atom. The fourth-order valence-corrected chi connectivity index (χ4v) is 3.64. The molecule has 3 N–H and O–H groups in total. The normalized spacial score (nSPS) is 10.9. The molecule has 3 aromatic rings. The van der Waals surface area contributed by atoms with Crippen molar-refractivity contribution in [3.63, 3.8) is 0 Å². The van der Waals surface area contributed by atoms with Gasteiger partial charge in [-0.05, 0) is 59.5 Å². The first kappa shape index (κ1) is 26.8. The highest BCUT2D eigenvalue weighted by Crippen LogP contribution is 2.28. The molecule has 1 amide bonds. The molecule has 0 spiro atoms. The summed E-state index contributed by atoms with van der Waals surface area (Å²) in [4.78, 5) is 26.8. The van der Waals surface area contributed by atoms with E-state index in [9.17, 15) is 23.6 Å². The van der Waals surface area contributed by atoms with Gasteiger partial charge in [0.25, 0.3) is 5.91 Å². The number of nitrogens with zero attached hydrogens (tertiary/aromatic N) is 2. The van der Waals surface area contributed by atoms with E-state index >= 15 is 0 Å². The Morgan fingerprint density at radius 2 is 1.92 bits per heavy atom. The van der Waals surface area contributed by atoms with Crippen LogP contribution in [0.15, 0.2) is 67.4 Å². The third-order valence-electron chi connectivity index (χ3n) is 5.54. The number of amides is 1. The maximum Gasteiger partial charge on any atom is 0.305 e. The van der Waals surface area contributed by atoms with Crippen molar-refractivity contribution < 1.29 is 23.5 Å². The van der Waals surface area contributed by atoms with E-state index in [1.807, 2.05) is 13.0 Å². The van der Waals surface area contributed by atoms with Crippen LogP contribution in [0.25, 0.3) is 16.7 Å². The highest BCUT2D eigenvalue weighted by molar-refractivity contribution is 5.92. The lowest BCUT2D eigenvalue weighted by Crippen LogP contribution is -2.26. The van der Waals surface area contributed by atoms with Crippen molar-refractivity contribution in [2.75, 3.05) is 11.9 Å². The number of nitriles is 1. The molecule has 0 fully saturated rings. The van der Waals surface area contributed by atoms with Crippen molar-refractivity contribution in [2.45, 2.75) is 19.9 Å². The number of hydrogen-bond acceptors (Lipinski definition) is 5. The first-order chi connectivity index (χ1) is 17.8. The molecule has 0 atom stereocenters. The quantitative estimate of drug-likeness (QED) is 0.324. The lowest BCUT2D eigenvalue weighted by molar-refractivity contribution is -0.136. The molecule has 1 heterocycles. The number of halogens is 2. The molecule has 0 saturated carbocycles. The summed E-state index contributed by atoms with van der Waals surface area (Å²) in [6, 6.07) is 12.5. The summed E-state index contributed by atoms with van der Waals surface area (Å²) in [5.41, 5.74) is 3.91. The Morgan fingerprint density at radius 3 is 2.54 bits per heavy atom. The predicted molar refractivity (Wildman–Crippen MR) is 137 cm³/mol. The first-order valence-corrected chi connectivity index (χ1v) is 11.3. The largest absolute Gasteiger partial charge is 0.481 e. The number of aliphatic carboxylic acids is 1. The van der Waals surface area contributed by atoms with Crippen molar-refractivity contribution in [3.8, 4) is 17.2 Å². The van der Waals surface area contributed by atoms with Crippen LogP contribution in [0.4, 0.5) is 14.5 Å². The maximum absolute atomic E-state index is 14.1. The molecule has 37 heavy (non-hydrogen) atoms. The average Bonchev–Trinajstić information content (AvgIpc) is 2.90. The van der Waals surface area contributed by atoms with Crippen molar-refractivity contribution in [2.24, 2.45) is 0 Å². The van der Waals surface area contributed by atoms with E-state index in [4.69, 9.17) is 5.11 Å². The highest BCUT2D eigenvalue weighted by Gasteiger charge is 2.14. The number of anilines is 1. The summed E-state index contributed by atoms with van der Waals surface area (Å²) in [5, 5.41) is 23.8. The smallest absolute Gasteiger partial charge is 0.305 e. The number of hydrogen-bond donors (Lipinski definition) is 3. The van der Waals surface area contributed by atoms with Crippen molar-refractivity contribution >= 4 is 23.1 Å². The van der Waals surface area contributed by atoms with Gasteiger partial charge < -0.3 is 15.7 Å². The number of nitrogens with one attached hydrogen (secondary N) is 2. The number of aromatic nitrogens is 1. The molecule has 0 aliphatic rings. The standard InChI is InChI=1S/C28H24F2N4O3/c1-3-17(4-2)22-7-6-21(11-19(22)14-31)33-16-20-12-24(29)25(30)13-23(20)18-5-8-26(34-15-18)28(37)32-10-9-27(35)36/h3-8,11-13,15,33H,1,9-10,16H2,2H3,(H,32,37)(H,35,36)/b17-4+. The maximum atomic E-state index is 14.1. The number of carbonyl (C=O) groups is 2. The Bertz CT molecular complexity index is 1410. The summed E-state index contributed by atoms with van der Waals surface area (Å²) in [5.74, 6) is -3.63. The molecule has 0 saturated heterocycles. The first-order valence-electron chi connectivity index (χ1n) is 11.3. The Labute approximate surface area is 212 Å². The topological polar surface area (TPSA) is 115 Å². The number of rotatable bonds is 10. The van der Waals surface area contributed by atoms with E-state index in [-0.39, 0.29) is 25.2 Å². The number of carboxylic acids is 1. The molecule has 0 aliphatic heterocycles. The number of allylic oxidation sites excluding steroid dienone is 3. The SMILES string of the molecule is C=C/C(=C\C)c1ccc(NCc2cc(F)c(F)cc2-c2ccc(C(=O)NCCC(=O)O)nc2)cc1C#N. The molecule has 3 rings (SSSR count). The van der Waals surface area contributed by atoms with Crippen LogP contribution in [-0.2, 0) is 11.3 Å². The molecule has 7 nitrogen and oxygen atoms in total. The van der Waals surface area contributed by atoms with Crippen LogP contribution < -0.4 is 10.6 Å². The molecule has 2 aromatic carbocycles. The predicted octanol–water partition coefficient (Wildman–Crippen LogP) is 5.30. The number of benzene rings is 2. The lowest BCUT2D eigenvalue weighted by atomic mass is 9.98. The summed E-state index contributed by atoms with van der Waals surface area (Å²) < 4.78 is 28.2. The van der Waals surface area contributed by atoms with Gasteiger partial charge in [-0.25, -0.2) is 8.78 Å². The Hall–Kier alpha value is -4.84. The minimum Gasteiger partial charge on any atom is -0.481 e. The minimum absolute atomic E-state index is 0.0469. The van der Waals surface area contributed by atoms with Crippen LogP contribution >= 0.6 is 0 Å². The molecule has 0 bridgehead atoms. The monoisotopic (exact) mass is 502 g/mol.